The molecule has 160 valence electrons. The number of nitrogens with one attached hydrogen (secondary N) is 1. The Bertz CT molecular complexity index is 858. The van der Waals surface area contributed by atoms with Crippen molar-refractivity contribution in [3.8, 4) is 5.75 Å². The summed E-state index contributed by atoms with van der Waals surface area (Å²) in [5.74, 6) is 0.0854. The lowest BCUT2D eigenvalue weighted by molar-refractivity contribution is -0.158. The van der Waals surface area contributed by atoms with Crippen LogP contribution in [0.5, 0.6) is 5.75 Å². The zero-order valence-electron chi connectivity index (χ0n) is 17.6. The molecule has 1 N–H and O–H groups in total. The second-order valence-corrected chi connectivity index (χ2v) is 7.69. The zero-order valence-corrected chi connectivity index (χ0v) is 18.4. The molecule has 2 aromatic carbocycles. The van der Waals surface area contributed by atoms with Crippen LogP contribution in [-0.4, -0.2) is 30.6 Å². The average molecular weight is 430 g/mol. The summed E-state index contributed by atoms with van der Waals surface area (Å²) >= 11 is 5.84. The van der Waals surface area contributed by atoms with Gasteiger partial charge in [-0.2, -0.15) is 0 Å². The first-order chi connectivity index (χ1) is 14.3. The van der Waals surface area contributed by atoms with E-state index in [-0.39, 0.29) is 5.91 Å². The molecule has 30 heavy (non-hydrogen) atoms. The predicted molar refractivity (Wildman–Crippen MR) is 120 cm³/mol. The van der Waals surface area contributed by atoms with Crippen molar-refractivity contribution in [1.29, 1.82) is 0 Å². The van der Waals surface area contributed by atoms with Gasteiger partial charge in [0.2, 0.25) is 5.91 Å². The minimum Gasteiger partial charge on any atom is -0.476 e. The molecule has 0 aliphatic heterocycles. The first-order valence-corrected chi connectivity index (χ1v) is 10.3. The smallest absolute Gasteiger partial charge is 0.349 e. The number of esters is 1. The van der Waals surface area contributed by atoms with E-state index in [9.17, 15) is 9.59 Å². The van der Waals surface area contributed by atoms with Crippen LogP contribution in [0, 0.1) is 0 Å². The maximum absolute atomic E-state index is 11.9. The van der Waals surface area contributed by atoms with E-state index in [4.69, 9.17) is 21.1 Å². The molecule has 2 rings (SSSR count). The number of hydrogen-bond acceptors (Lipinski definition) is 4. The summed E-state index contributed by atoms with van der Waals surface area (Å²) in [5, 5.41) is 3.54. The van der Waals surface area contributed by atoms with Crippen molar-refractivity contribution in [3.63, 3.8) is 0 Å². The van der Waals surface area contributed by atoms with Gasteiger partial charge < -0.3 is 14.8 Å². The fourth-order valence-electron chi connectivity index (χ4n) is 2.67. The van der Waals surface area contributed by atoms with Crippen LogP contribution in [0.2, 0.25) is 5.02 Å². The minimum absolute atomic E-state index is 0.130. The van der Waals surface area contributed by atoms with E-state index in [2.05, 4.69) is 5.32 Å². The normalized spacial score (nSPS) is 11.3. The lowest BCUT2D eigenvalue weighted by Gasteiger charge is -2.24. The van der Waals surface area contributed by atoms with E-state index >= 15 is 0 Å². The molecule has 0 bridgehead atoms. The van der Waals surface area contributed by atoms with Crippen LogP contribution < -0.4 is 10.1 Å². The summed E-state index contributed by atoms with van der Waals surface area (Å²) in [5.41, 5.74) is 1.01. The van der Waals surface area contributed by atoms with E-state index in [1.807, 2.05) is 36.4 Å². The molecule has 0 unspecified atom stereocenters. The van der Waals surface area contributed by atoms with Gasteiger partial charge in [-0.05, 0) is 75.1 Å². The van der Waals surface area contributed by atoms with Crippen LogP contribution in [0.25, 0.3) is 6.08 Å². The molecule has 0 saturated heterocycles. The molecule has 0 aromatic heterocycles. The van der Waals surface area contributed by atoms with Crippen LogP contribution in [0.15, 0.2) is 54.6 Å². The Kier molecular flexibility index (Phi) is 8.93. The number of rotatable bonds is 10. The number of hydrogen-bond donors (Lipinski definition) is 1. The molecule has 0 aliphatic rings. The minimum atomic E-state index is -1.04. The van der Waals surface area contributed by atoms with Gasteiger partial charge in [0.15, 0.2) is 5.60 Å². The molecule has 0 saturated carbocycles. The van der Waals surface area contributed by atoms with Gasteiger partial charge >= 0.3 is 5.97 Å². The largest absolute Gasteiger partial charge is 0.476 e. The number of benzene rings is 2. The molecular weight excluding hydrogens is 402 g/mol. The first-order valence-electron chi connectivity index (χ1n) is 9.97. The molecule has 2 aromatic rings. The average Bonchev–Trinajstić information content (AvgIpc) is 2.72. The molecular formula is C24H28ClNO4. The van der Waals surface area contributed by atoms with Crippen LogP contribution in [-0.2, 0) is 20.7 Å². The Balaban J connectivity index is 1.73. The molecule has 6 heteroatoms. The Morgan fingerprint density at radius 2 is 1.73 bits per heavy atom. The van der Waals surface area contributed by atoms with E-state index < -0.39 is 11.6 Å². The predicted octanol–water partition coefficient (Wildman–Crippen LogP) is 4.82. The molecule has 0 fully saturated rings. The third kappa shape index (κ3) is 7.91. The lowest BCUT2D eigenvalue weighted by atomic mass is 10.1. The summed E-state index contributed by atoms with van der Waals surface area (Å²) in [4.78, 5) is 23.8. The van der Waals surface area contributed by atoms with E-state index in [0.29, 0.717) is 23.9 Å². The summed E-state index contributed by atoms with van der Waals surface area (Å²) in [6.07, 6.45) is 4.90. The molecule has 0 radical (unpaired) electrons. The van der Waals surface area contributed by atoms with Crippen molar-refractivity contribution in [3.05, 3.63) is 70.8 Å². The molecule has 0 atom stereocenters. The van der Waals surface area contributed by atoms with Crippen LogP contribution in [0.1, 0.15) is 38.3 Å². The highest BCUT2D eigenvalue weighted by Crippen LogP contribution is 2.20. The van der Waals surface area contributed by atoms with Crippen molar-refractivity contribution in [2.75, 3.05) is 13.2 Å². The summed E-state index contributed by atoms with van der Waals surface area (Å²) in [7, 11) is 0. The Morgan fingerprint density at radius 3 is 2.37 bits per heavy atom. The van der Waals surface area contributed by atoms with Gasteiger partial charge in [-0.1, -0.05) is 35.9 Å². The lowest BCUT2D eigenvalue weighted by Crippen LogP contribution is -2.39. The second-order valence-electron chi connectivity index (χ2n) is 7.26. The Hall–Kier alpha value is -2.79. The van der Waals surface area contributed by atoms with Crippen LogP contribution in [0.4, 0.5) is 0 Å². The van der Waals surface area contributed by atoms with Gasteiger partial charge in [0.05, 0.1) is 6.61 Å². The summed E-state index contributed by atoms with van der Waals surface area (Å²) in [6, 6.07) is 14.9. The number of carbonyl (C=O) groups is 2. The van der Waals surface area contributed by atoms with Gasteiger partial charge in [0, 0.05) is 17.6 Å². The highest BCUT2D eigenvalue weighted by molar-refractivity contribution is 6.30. The second kappa shape index (κ2) is 11.4. The van der Waals surface area contributed by atoms with Crippen LogP contribution in [0.3, 0.4) is 0 Å². The van der Waals surface area contributed by atoms with Crippen molar-refractivity contribution in [1.82, 2.24) is 5.32 Å². The van der Waals surface area contributed by atoms with E-state index in [0.717, 1.165) is 24.0 Å². The first kappa shape index (κ1) is 23.5. The van der Waals surface area contributed by atoms with E-state index in [1.165, 1.54) is 6.08 Å². The quantitative estimate of drug-likeness (QED) is 0.334. The molecule has 0 aliphatic carbocycles. The third-order valence-corrected chi connectivity index (χ3v) is 4.55. The topological polar surface area (TPSA) is 64.6 Å². The molecule has 0 heterocycles. The number of halogens is 1. The number of aryl methyl sites for hydroxylation is 1. The summed E-state index contributed by atoms with van der Waals surface area (Å²) in [6.45, 7) is 6.03. The van der Waals surface area contributed by atoms with Gasteiger partial charge in [-0.25, -0.2) is 4.79 Å². The highest BCUT2D eigenvalue weighted by Gasteiger charge is 2.31. The van der Waals surface area contributed by atoms with Crippen molar-refractivity contribution in [2.45, 2.75) is 39.2 Å². The van der Waals surface area contributed by atoms with Crippen molar-refractivity contribution >= 4 is 29.6 Å². The highest BCUT2D eigenvalue weighted by atomic mass is 35.5. The maximum atomic E-state index is 11.9. The number of amides is 1. The standard InChI is InChI=1S/C24H28ClNO4/c1-4-29-23(28)24(2,3)30-21-14-9-18(10-15-21)6-5-17-26-22(27)16-11-19-7-12-20(25)13-8-19/h7-16H,4-6,17H2,1-3H3,(H,26,27). The van der Waals surface area contributed by atoms with E-state index in [1.54, 1.807) is 39.0 Å². The van der Waals surface area contributed by atoms with Gasteiger partial charge in [-0.15, -0.1) is 0 Å². The van der Waals surface area contributed by atoms with Gasteiger partial charge in [0.1, 0.15) is 5.75 Å². The Morgan fingerprint density at radius 1 is 1.07 bits per heavy atom. The number of carbonyl (C=O) groups excluding carboxylic acids is 2. The number of ether oxygens (including phenoxy) is 2. The molecule has 1 amide bonds. The van der Waals surface area contributed by atoms with Crippen molar-refractivity contribution < 1.29 is 19.1 Å². The molecule has 0 spiro atoms. The SMILES string of the molecule is CCOC(=O)C(C)(C)Oc1ccc(CCCNC(=O)C=Cc2ccc(Cl)cc2)cc1. The van der Waals surface area contributed by atoms with Crippen LogP contribution >= 0.6 is 11.6 Å². The maximum Gasteiger partial charge on any atom is 0.349 e. The van der Waals surface area contributed by atoms with Crippen molar-refractivity contribution in [2.24, 2.45) is 0 Å². The summed E-state index contributed by atoms with van der Waals surface area (Å²) < 4.78 is 10.8. The monoisotopic (exact) mass is 429 g/mol. The fraction of sp³-hybridized carbons (Fsp3) is 0.333. The molecule has 5 nitrogen and oxygen atoms in total. The van der Waals surface area contributed by atoms with Gasteiger partial charge in [0.25, 0.3) is 0 Å². The zero-order chi connectivity index (χ0) is 22.0. The fourth-order valence-corrected chi connectivity index (χ4v) is 2.80. The third-order valence-electron chi connectivity index (χ3n) is 4.30. The Labute approximate surface area is 183 Å². The van der Waals surface area contributed by atoms with Gasteiger partial charge in [-0.3, -0.25) is 4.79 Å².